The molecule has 5 nitrogen and oxygen atoms in total. The zero-order chi connectivity index (χ0) is 10.8. The summed E-state index contributed by atoms with van der Waals surface area (Å²) in [5, 5.41) is 2.48. The summed E-state index contributed by atoms with van der Waals surface area (Å²) in [6, 6.07) is 1.52. The maximum absolute atomic E-state index is 11.2. The van der Waals surface area contributed by atoms with Crippen LogP contribution in [0, 0.1) is 0 Å². The standard InChI is InChI=1S/C10H13N3O2/c1-12-10(14)8-4-7(11)9(5-13-8)15-6-2-3-6/h4-6H,2-3H2,1H3,(H2,11,13)(H,12,14). The summed E-state index contributed by atoms with van der Waals surface area (Å²) in [6.07, 6.45) is 3.91. The number of hydrogen-bond acceptors (Lipinski definition) is 4. The number of nitrogens with one attached hydrogen (secondary N) is 1. The molecule has 1 aromatic heterocycles. The average Bonchev–Trinajstić information content (AvgIpc) is 3.04. The number of amides is 1. The Morgan fingerprint density at radius 3 is 2.93 bits per heavy atom. The van der Waals surface area contributed by atoms with Gasteiger partial charge in [-0.15, -0.1) is 0 Å². The van der Waals surface area contributed by atoms with Gasteiger partial charge in [-0.3, -0.25) is 4.79 Å². The van der Waals surface area contributed by atoms with Crippen molar-refractivity contribution in [1.82, 2.24) is 10.3 Å². The normalized spacial score (nSPS) is 14.7. The fraction of sp³-hybridized carbons (Fsp3) is 0.400. The van der Waals surface area contributed by atoms with Crippen LogP contribution in [0.2, 0.25) is 0 Å². The van der Waals surface area contributed by atoms with Gasteiger partial charge in [-0.25, -0.2) is 4.98 Å². The van der Waals surface area contributed by atoms with Crippen molar-refractivity contribution in [3.63, 3.8) is 0 Å². The highest BCUT2D eigenvalue weighted by Crippen LogP contribution is 2.30. The summed E-state index contributed by atoms with van der Waals surface area (Å²) in [4.78, 5) is 15.2. The Morgan fingerprint density at radius 1 is 1.67 bits per heavy atom. The molecule has 0 aliphatic heterocycles. The van der Waals surface area contributed by atoms with Crippen molar-refractivity contribution in [3.8, 4) is 5.75 Å². The van der Waals surface area contributed by atoms with Gasteiger partial charge in [0.2, 0.25) is 0 Å². The summed E-state index contributed by atoms with van der Waals surface area (Å²) >= 11 is 0. The number of anilines is 1. The topological polar surface area (TPSA) is 77.2 Å². The first-order chi connectivity index (χ1) is 7.20. The number of carbonyl (C=O) groups is 1. The quantitative estimate of drug-likeness (QED) is 0.759. The molecule has 3 N–H and O–H groups in total. The molecule has 2 rings (SSSR count). The van der Waals surface area contributed by atoms with E-state index in [1.165, 1.54) is 12.3 Å². The van der Waals surface area contributed by atoms with Crippen molar-refractivity contribution in [2.45, 2.75) is 18.9 Å². The number of aromatic nitrogens is 1. The minimum Gasteiger partial charge on any atom is -0.487 e. The summed E-state index contributed by atoms with van der Waals surface area (Å²) < 4.78 is 5.51. The molecule has 0 unspecified atom stereocenters. The van der Waals surface area contributed by atoms with Gasteiger partial charge in [0.15, 0.2) is 5.75 Å². The van der Waals surface area contributed by atoms with Crippen LogP contribution < -0.4 is 15.8 Å². The predicted octanol–water partition coefficient (Wildman–Crippen LogP) is 0.565. The van der Waals surface area contributed by atoms with Crippen LogP contribution in [-0.2, 0) is 0 Å². The van der Waals surface area contributed by atoms with E-state index in [1.54, 1.807) is 7.05 Å². The number of ether oxygens (including phenoxy) is 1. The Bertz CT molecular complexity index is 388. The lowest BCUT2D eigenvalue weighted by Gasteiger charge is -2.07. The summed E-state index contributed by atoms with van der Waals surface area (Å²) in [6.45, 7) is 0. The van der Waals surface area contributed by atoms with E-state index in [0.717, 1.165) is 12.8 Å². The van der Waals surface area contributed by atoms with Crippen LogP contribution >= 0.6 is 0 Å². The number of nitrogens with two attached hydrogens (primary N) is 1. The lowest BCUT2D eigenvalue weighted by molar-refractivity contribution is 0.0958. The van der Waals surface area contributed by atoms with Gasteiger partial charge in [-0.05, 0) is 18.9 Å². The zero-order valence-electron chi connectivity index (χ0n) is 8.49. The van der Waals surface area contributed by atoms with Crippen LogP contribution in [0.3, 0.4) is 0 Å². The second-order valence-corrected chi connectivity index (χ2v) is 3.50. The van der Waals surface area contributed by atoms with E-state index in [-0.39, 0.29) is 12.0 Å². The highest BCUT2D eigenvalue weighted by atomic mass is 16.5. The first kappa shape index (κ1) is 9.76. The van der Waals surface area contributed by atoms with Crippen molar-refractivity contribution in [2.24, 2.45) is 0 Å². The second kappa shape index (κ2) is 3.76. The first-order valence-electron chi connectivity index (χ1n) is 4.85. The Hall–Kier alpha value is -1.78. The van der Waals surface area contributed by atoms with Gasteiger partial charge in [-0.1, -0.05) is 0 Å². The van der Waals surface area contributed by atoms with Crippen LogP contribution in [0.25, 0.3) is 0 Å². The molecule has 1 aliphatic carbocycles. The van der Waals surface area contributed by atoms with Crippen molar-refractivity contribution >= 4 is 11.6 Å². The molecule has 0 spiro atoms. The van der Waals surface area contributed by atoms with Crippen LogP contribution in [-0.4, -0.2) is 24.0 Å². The van der Waals surface area contributed by atoms with E-state index in [0.29, 0.717) is 17.1 Å². The van der Waals surface area contributed by atoms with Gasteiger partial charge in [0.05, 0.1) is 18.0 Å². The molecule has 1 aromatic rings. The molecule has 1 amide bonds. The molecule has 5 heteroatoms. The van der Waals surface area contributed by atoms with E-state index in [9.17, 15) is 4.79 Å². The fourth-order valence-electron chi connectivity index (χ4n) is 1.17. The highest BCUT2D eigenvalue weighted by Gasteiger charge is 2.24. The van der Waals surface area contributed by atoms with Gasteiger partial charge in [0.1, 0.15) is 5.69 Å². The van der Waals surface area contributed by atoms with Crippen molar-refractivity contribution in [1.29, 1.82) is 0 Å². The minimum absolute atomic E-state index is 0.250. The van der Waals surface area contributed by atoms with Gasteiger partial charge in [0.25, 0.3) is 5.91 Å². The molecule has 0 saturated heterocycles. The Balaban J connectivity index is 2.17. The molecular weight excluding hydrogens is 194 g/mol. The molecule has 1 saturated carbocycles. The van der Waals surface area contributed by atoms with E-state index >= 15 is 0 Å². The van der Waals surface area contributed by atoms with Gasteiger partial charge >= 0.3 is 0 Å². The van der Waals surface area contributed by atoms with Gasteiger partial charge in [-0.2, -0.15) is 0 Å². The average molecular weight is 207 g/mol. The monoisotopic (exact) mass is 207 g/mol. The third-order valence-electron chi connectivity index (χ3n) is 2.18. The fourth-order valence-corrected chi connectivity index (χ4v) is 1.17. The van der Waals surface area contributed by atoms with Crippen LogP contribution in [0.15, 0.2) is 12.3 Å². The third-order valence-corrected chi connectivity index (χ3v) is 2.18. The van der Waals surface area contributed by atoms with Crippen LogP contribution in [0.4, 0.5) is 5.69 Å². The van der Waals surface area contributed by atoms with Gasteiger partial charge in [0, 0.05) is 7.05 Å². The minimum atomic E-state index is -0.250. The van der Waals surface area contributed by atoms with Crippen molar-refractivity contribution in [2.75, 3.05) is 12.8 Å². The van der Waals surface area contributed by atoms with E-state index in [4.69, 9.17) is 10.5 Å². The van der Waals surface area contributed by atoms with Crippen LogP contribution in [0.5, 0.6) is 5.75 Å². The van der Waals surface area contributed by atoms with Crippen LogP contribution in [0.1, 0.15) is 23.3 Å². The van der Waals surface area contributed by atoms with Crippen molar-refractivity contribution < 1.29 is 9.53 Å². The number of nitrogen functional groups attached to an aromatic ring is 1. The Morgan fingerprint density at radius 2 is 2.40 bits per heavy atom. The predicted molar refractivity (Wildman–Crippen MR) is 55.7 cm³/mol. The van der Waals surface area contributed by atoms with E-state index < -0.39 is 0 Å². The molecule has 80 valence electrons. The zero-order valence-corrected chi connectivity index (χ0v) is 8.49. The number of rotatable bonds is 3. The molecule has 15 heavy (non-hydrogen) atoms. The lowest BCUT2D eigenvalue weighted by Crippen LogP contribution is -2.19. The lowest BCUT2D eigenvalue weighted by atomic mass is 10.3. The van der Waals surface area contributed by atoms with E-state index in [1.807, 2.05) is 0 Å². The molecule has 0 bridgehead atoms. The highest BCUT2D eigenvalue weighted by molar-refractivity contribution is 5.93. The Labute approximate surface area is 87.6 Å². The first-order valence-corrected chi connectivity index (χ1v) is 4.85. The Kier molecular flexibility index (Phi) is 2.45. The van der Waals surface area contributed by atoms with E-state index in [2.05, 4.69) is 10.3 Å². The maximum Gasteiger partial charge on any atom is 0.269 e. The SMILES string of the molecule is CNC(=O)c1cc(N)c(OC2CC2)cn1. The molecule has 0 atom stereocenters. The largest absolute Gasteiger partial charge is 0.487 e. The van der Waals surface area contributed by atoms with Crippen molar-refractivity contribution in [3.05, 3.63) is 18.0 Å². The molecule has 0 aromatic carbocycles. The summed E-state index contributed by atoms with van der Waals surface area (Å²) in [5.41, 5.74) is 6.50. The second-order valence-electron chi connectivity index (χ2n) is 3.50. The number of hydrogen-bond donors (Lipinski definition) is 2. The number of carbonyl (C=O) groups excluding carboxylic acids is 1. The smallest absolute Gasteiger partial charge is 0.269 e. The molecular formula is C10H13N3O2. The molecule has 1 aliphatic rings. The molecule has 1 fully saturated rings. The maximum atomic E-state index is 11.2. The number of pyridine rings is 1. The van der Waals surface area contributed by atoms with Gasteiger partial charge < -0.3 is 15.8 Å². The summed E-state index contributed by atoms with van der Waals surface area (Å²) in [5.74, 6) is 0.310. The molecule has 0 radical (unpaired) electrons. The summed E-state index contributed by atoms with van der Waals surface area (Å²) in [7, 11) is 1.55. The third kappa shape index (κ3) is 2.18. The molecule has 1 heterocycles. The number of nitrogens with zero attached hydrogens (tertiary/aromatic N) is 1.